The fourth-order valence-electron chi connectivity index (χ4n) is 6.58. The van der Waals surface area contributed by atoms with Crippen molar-refractivity contribution in [1.82, 2.24) is 9.88 Å². The number of para-hydroxylation sites is 2. The van der Waals surface area contributed by atoms with Crippen LogP contribution in [0.15, 0.2) is 85.1 Å². The van der Waals surface area contributed by atoms with Crippen molar-refractivity contribution in [3.63, 3.8) is 0 Å². The Morgan fingerprint density at radius 1 is 1.08 bits per heavy atom. The number of aromatic amines is 1. The predicted octanol–water partition coefficient (Wildman–Crippen LogP) is 4.47. The molecule has 1 spiro atoms. The molecule has 1 fully saturated rings. The molecule has 180 valence electrons. The number of amides is 1. The molecule has 2 unspecified atom stereocenters. The van der Waals surface area contributed by atoms with Gasteiger partial charge in [0.25, 0.3) is 5.91 Å². The highest BCUT2D eigenvalue weighted by atomic mass is 16.2. The van der Waals surface area contributed by atoms with E-state index in [9.17, 15) is 14.9 Å². The molecule has 6 nitrogen and oxygen atoms in total. The average molecular weight is 485 g/mol. The quantitative estimate of drug-likeness (QED) is 0.343. The Morgan fingerprint density at radius 3 is 2.54 bits per heavy atom. The van der Waals surface area contributed by atoms with E-state index in [4.69, 9.17) is 6.42 Å². The van der Waals surface area contributed by atoms with Gasteiger partial charge in [-0.05, 0) is 24.7 Å². The zero-order chi connectivity index (χ0) is 25.8. The van der Waals surface area contributed by atoms with Crippen molar-refractivity contribution < 1.29 is 9.59 Å². The summed E-state index contributed by atoms with van der Waals surface area (Å²) < 4.78 is 0. The number of fused-ring (bicyclic) bond motifs is 3. The van der Waals surface area contributed by atoms with Crippen LogP contribution in [-0.4, -0.2) is 41.7 Å². The smallest absolute Gasteiger partial charge is 0.255 e. The van der Waals surface area contributed by atoms with E-state index in [1.54, 1.807) is 6.20 Å². The van der Waals surface area contributed by atoms with Gasteiger partial charge in [-0.1, -0.05) is 72.7 Å². The molecule has 1 amide bonds. The van der Waals surface area contributed by atoms with Crippen molar-refractivity contribution in [3.8, 4) is 18.4 Å². The maximum absolute atomic E-state index is 14.9. The number of terminal acetylenes is 1. The Hall–Kier alpha value is -4.65. The lowest BCUT2D eigenvalue weighted by atomic mass is 9.58. The number of likely N-dealkylation sites (N-methyl/N-ethyl adjacent to an activating group) is 1. The van der Waals surface area contributed by atoms with Gasteiger partial charge in [0.2, 0.25) is 0 Å². The van der Waals surface area contributed by atoms with E-state index in [-0.39, 0.29) is 18.2 Å². The fraction of sp³-hybridized carbons (Fsp3) is 0.194. The predicted molar refractivity (Wildman–Crippen MR) is 142 cm³/mol. The van der Waals surface area contributed by atoms with Gasteiger partial charge in [-0.3, -0.25) is 19.4 Å². The summed E-state index contributed by atoms with van der Waals surface area (Å²) in [6.45, 7) is 0.389. The second-order valence-corrected chi connectivity index (χ2v) is 9.66. The third-order valence-electron chi connectivity index (χ3n) is 8.08. The highest BCUT2D eigenvalue weighted by Crippen LogP contribution is 2.64. The third-order valence-corrected chi connectivity index (χ3v) is 8.08. The molecule has 3 aromatic carbocycles. The summed E-state index contributed by atoms with van der Waals surface area (Å²) in [5.74, 6) is 1.30. The highest BCUT2D eigenvalue weighted by molar-refractivity contribution is 6.19. The van der Waals surface area contributed by atoms with Crippen LogP contribution in [0.3, 0.4) is 0 Å². The van der Waals surface area contributed by atoms with Crippen molar-refractivity contribution in [2.75, 3.05) is 25.0 Å². The van der Waals surface area contributed by atoms with Crippen LogP contribution >= 0.6 is 0 Å². The van der Waals surface area contributed by atoms with Crippen LogP contribution < -0.4 is 4.90 Å². The lowest BCUT2D eigenvalue weighted by Gasteiger charge is -2.41. The van der Waals surface area contributed by atoms with E-state index < -0.39 is 16.9 Å². The summed E-state index contributed by atoms with van der Waals surface area (Å²) in [6.07, 6.45) is 7.33. The van der Waals surface area contributed by atoms with Crippen LogP contribution in [0.25, 0.3) is 10.9 Å². The minimum Gasteiger partial charge on any atom is -0.360 e. The first-order chi connectivity index (χ1) is 18.0. The van der Waals surface area contributed by atoms with Crippen molar-refractivity contribution in [3.05, 3.63) is 102 Å². The third kappa shape index (κ3) is 2.74. The van der Waals surface area contributed by atoms with E-state index in [2.05, 4.69) is 17.0 Å². The average Bonchev–Trinajstić information content (AvgIpc) is 3.56. The van der Waals surface area contributed by atoms with E-state index in [1.807, 2.05) is 90.8 Å². The number of likely N-dealkylation sites (tertiary alicyclic amines) is 1. The first kappa shape index (κ1) is 22.8. The van der Waals surface area contributed by atoms with E-state index in [0.29, 0.717) is 23.4 Å². The number of H-pyrrole nitrogens is 1. The zero-order valence-electron chi connectivity index (χ0n) is 20.3. The van der Waals surface area contributed by atoms with Crippen LogP contribution in [0.2, 0.25) is 0 Å². The number of nitriles is 1. The first-order valence-corrected chi connectivity index (χ1v) is 12.2. The number of nitrogens with zero attached hydrogens (tertiary/aromatic N) is 3. The molecule has 0 radical (unpaired) electrons. The Morgan fingerprint density at radius 2 is 1.78 bits per heavy atom. The maximum atomic E-state index is 14.9. The monoisotopic (exact) mass is 484 g/mol. The molecule has 3 heterocycles. The summed E-state index contributed by atoms with van der Waals surface area (Å²) in [5, 5.41) is 11.9. The molecule has 6 heteroatoms. The minimum absolute atomic E-state index is 0.0459. The van der Waals surface area contributed by atoms with Gasteiger partial charge >= 0.3 is 0 Å². The number of carbonyl (C=O) groups excluding carboxylic acids is 2. The van der Waals surface area contributed by atoms with Gasteiger partial charge in [0, 0.05) is 40.7 Å². The van der Waals surface area contributed by atoms with E-state index >= 15 is 0 Å². The van der Waals surface area contributed by atoms with E-state index in [0.717, 1.165) is 16.5 Å². The van der Waals surface area contributed by atoms with Crippen LogP contribution in [0.5, 0.6) is 0 Å². The Labute approximate surface area is 215 Å². The number of rotatable bonds is 4. The lowest BCUT2D eigenvalue weighted by molar-refractivity contribution is -0.130. The highest BCUT2D eigenvalue weighted by Gasteiger charge is 2.75. The molecule has 2 aliphatic rings. The van der Waals surface area contributed by atoms with Crippen molar-refractivity contribution in [1.29, 1.82) is 5.26 Å². The molecule has 37 heavy (non-hydrogen) atoms. The molecule has 1 N–H and O–H groups in total. The van der Waals surface area contributed by atoms with Crippen LogP contribution in [0, 0.1) is 29.1 Å². The Balaban J connectivity index is 1.70. The van der Waals surface area contributed by atoms with Crippen molar-refractivity contribution in [2.24, 2.45) is 5.41 Å². The maximum Gasteiger partial charge on any atom is 0.255 e. The standard InChI is InChI=1S/C31H24N4O2/c1-3-17-35-27-16-10-8-14-24(27)31(29(35)37)30(20-32,25(19-34(31)2)21-11-5-4-6-12-21)28(36)23-18-33-26-15-9-7-13-22(23)26/h1,4-16,18,25,33H,17,19H2,2H3/t25?,30?,31-/m0/s1. The summed E-state index contributed by atoms with van der Waals surface area (Å²) in [7, 11) is 1.82. The molecule has 1 aromatic heterocycles. The normalized spacial score (nSPS) is 24.8. The minimum atomic E-state index is -1.76. The number of ketones is 1. The fourth-order valence-corrected chi connectivity index (χ4v) is 6.58. The summed E-state index contributed by atoms with van der Waals surface area (Å²) in [5.41, 5.74) is -0.0171. The number of aromatic nitrogens is 1. The molecular formula is C31H24N4O2. The molecule has 1 saturated heterocycles. The second-order valence-electron chi connectivity index (χ2n) is 9.66. The number of carbonyl (C=O) groups is 2. The Kier molecular flexibility index (Phi) is 5.05. The largest absolute Gasteiger partial charge is 0.360 e. The van der Waals surface area contributed by atoms with E-state index in [1.165, 1.54) is 4.90 Å². The summed E-state index contributed by atoms with van der Waals surface area (Å²) >= 11 is 0. The number of Topliss-reactive ketones (excluding diaryl/α,β-unsaturated/α-hetero) is 1. The number of hydrogen-bond acceptors (Lipinski definition) is 4. The molecule has 0 bridgehead atoms. The van der Waals surface area contributed by atoms with Gasteiger partial charge in [-0.2, -0.15) is 5.26 Å². The number of hydrogen-bond donors (Lipinski definition) is 1. The van der Waals surface area contributed by atoms with Gasteiger partial charge in [0.15, 0.2) is 16.7 Å². The van der Waals surface area contributed by atoms with Gasteiger partial charge < -0.3 is 4.98 Å². The van der Waals surface area contributed by atoms with Crippen molar-refractivity contribution >= 4 is 28.3 Å². The first-order valence-electron chi connectivity index (χ1n) is 12.2. The van der Waals surface area contributed by atoms with Crippen LogP contribution in [-0.2, 0) is 10.3 Å². The van der Waals surface area contributed by atoms with Gasteiger partial charge in [-0.15, -0.1) is 6.42 Å². The van der Waals surface area contributed by atoms with Gasteiger partial charge in [0.05, 0.1) is 18.3 Å². The molecule has 0 aliphatic carbocycles. The summed E-state index contributed by atoms with van der Waals surface area (Å²) in [4.78, 5) is 36.1. The second kappa shape index (κ2) is 8.20. The molecule has 4 aromatic rings. The lowest BCUT2D eigenvalue weighted by Crippen LogP contribution is -2.59. The molecule has 2 aliphatic heterocycles. The van der Waals surface area contributed by atoms with Gasteiger partial charge in [0.1, 0.15) is 0 Å². The molecule has 0 saturated carbocycles. The number of nitrogens with one attached hydrogen (secondary N) is 1. The number of anilines is 1. The van der Waals surface area contributed by atoms with Crippen molar-refractivity contribution in [2.45, 2.75) is 11.5 Å². The zero-order valence-corrected chi connectivity index (χ0v) is 20.3. The van der Waals surface area contributed by atoms with Crippen LogP contribution in [0.1, 0.15) is 27.4 Å². The van der Waals surface area contributed by atoms with Crippen LogP contribution in [0.4, 0.5) is 5.69 Å². The SMILES string of the molecule is C#CCN1C(=O)[C@]2(c3ccccc31)N(C)CC(c1ccccc1)C2(C#N)C(=O)c1c[nH]c2ccccc12. The Bertz CT molecular complexity index is 1640. The molecular weight excluding hydrogens is 460 g/mol. The van der Waals surface area contributed by atoms with Gasteiger partial charge in [-0.25, -0.2) is 0 Å². The molecule has 6 rings (SSSR count). The summed E-state index contributed by atoms with van der Waals surface area (Å²) in [6, 6.07) is 26.9. The topological polar surface area (TPSA) is 80.2 Å². The molecule has 3 atom stereocenters. The number of benzene rings is 3.